The number of rotatable bonds is 4. The summed E-state index contributed by atoms with van der Waals surface area (Å²) in [4.78, 5) is 9.05. The molecular formula is C14H15Br2N3. The Hall–Kier alpha value is -0.940. The van der Waals surface area contributed by atoms with E-state index in [1.54, 1.807) is 0 Å². The van der Waals surface area contributed by atoms with E-state index < -0.39 is 0 Å². The largest absolute Gasteiger partial charge is 0.370 e. The predicted molar refractivity (Wildman–Crippen MR) is 86.4 cm³/mol. The maximum absolute atomic E-state index is 4.55. The van der Waals surface area contributed by atoms with Gasteiger partial charge in [0.25, 0.3) is 0 Å². The van der Waals surface area contributed by atoms with Crippen molar-refractivity contribution < 1.29 is 0 Å². The molecule has 0 fully saturated rings. The molecule has 0 aliphatic rings. The third kappa shape index (κ3) is 3.76. The zero-order chi connectivity index (χ0) is 13.8. The summed E-state index contributed by atoms with van der Waals surface area (Å²) < 4.78 is 2.02. The lowest BCUT2D eigenvalue weighted by molar-refractivity contribution is 0.962. The molecule has 0 bridgehead atoms. The monoisotopic (exact) mass is 383 g/mol. The van der Waals surface area contributed by atoms with Crippen LogP contribution in [0.2, 0.25) is 0 Å². The van der Waals surface area contributed by atoms with Gasteiger partial charge in [-0.1, -0.05) is 6.92 Å². The molecule has 2 aromatic rings. The first kappa shape index (κ1) is 14.5. The summed E-state index contributed by atoms with van der Waals surface area (Å²) >= 11 is 6.97. The van der Waals surface area contributed by atoms with E-state index in [4.69, 9.17) is 0 Å². The zero-order valence-electron chi connectivity index (χ0n) is 10.9. The molecule has 0 spiro atoms. The van der Waals surface area contributed by atoms with Crippen molar-refractivity contribution in [1.29, 1.82) is 0 Å². The van der Waals surface area contributed by atoms with Gasteiger partial charge in [0.15, 0.2) is 5.82 Å². The van der Waals surface area contributed by atoms with Gasteiger partial charge in [0.2, 0.25) is 0 Å². The average molecular weight is 385 g/mol. The highest BCUT2D eigenvalue weighted by Gasteiger charge is 2.07. The van der Waals surface area contributed by atoms with Crippen LogP contribution in [-0.4, -0.2) is 16.5 Å². The number of hydrogen-bond acceptors (Lipinski definition) is 3. The van der Waals surface area contributed by atoms with Crippen LogP contribution < -0.4 is 5.32 Å². The first-order valence-electron chi connectivity index (χ1n) is 6.15. The summed E-state index contributed by atoms with van der Waals surface area (Å²) in [7, 11) is 0. The van der Waals surface area contributed by atoms with E-state index in [1.165, 1.54) is 0 Å². The highest BCUT2D eigenvalue weighted by atomic mass is 79.9. The van der Waals surface area contributed by atoms with Crippen LogP contribution in [0, 0.1) is 6.92 Å². The molecule has 100 valence electrons. The lowest BCUT2D eigenvalue weighted by Crippen LogP contribution is -2.04. The minimum absolute atomic E-state index is 0.742. The van der Waals surface area contributed by atoms with Crippen molar-refractivity contribution in [3.8, 4) is 11.4 Å². The Balaban J connectivity index is 2.37. The number of anilines is 1. The maximum Gasteiger partial charge on any atom is 0.161 e. The van der Waals surface area contributed by atoms with Crippen molar-refractivity contribution in [3.05, 3.63) is 38.9 Å². The summed E-state index contributed by atoms with van der Waals surface area (Å²) in [6.07, 6.45) is 1.07. The molecule has 0 atom stereocenters. The first-order valence-corrected chi connectivity index (χ1v) is 7.73. The van der Waals surface area contributed by atoms with Crippen LogP contribution >= 0.6 is 31.9 Å². The average Bonchev–Trinajstić information content (AvgIpc) is 2.39. The van der Waals surface area contributed by atoms with Gasteiger partial charge < -0.3 is 5.32 Å². The summed E-state index contributed by atoms with van der Waals surface area (Å²) in [5.74, 6) is 1.62. The summed E-state index contributed by atoms with van der Waals surface area (Å²) in [6.45, 7) is 5.03. The highest BCUT2D eigenvalue weighted by Crippen LogP contribution is 2.28. The van der Waals surface area contributed by atoms with Crippen LogP contribution in [0.4, 0.5) is 5.82 Å². The molecule has 0 aliphatic heterocycles. The molecule has 1 heterocycles. The van der Waals surface area contributed by atoms with Gasteiger partial charge in [0, 0.05) is 32.8 Å². The predicted octanol–water partition coefficient (Wildman–Crippen LogP) is 4.80. The van der Waals surface area contributed by atoms with Crippen molar-refractivity contribution >= 4 is 37.7 Å². The fourth-order valence-corrected chi connectivity index (χ4v) is 2.30. The second-order valence-corrected chi connectivity index (χ2v) is 5.98. The van der Waals surface area contributed by atoms with Gasteiger partial charge in [0.1, 0.15) is 5.82 Å². The number of nitrogens with one attached hydrogen (secondary N) is 1. The van der Waals surface area contributed by atoms with Gasteiger partial charge in [-0.2, -0.15) is 0 Å². The molecule has 19 heavy (non-hydrogen) atoms. The van der Waals surface area contributed by atoms with Crippen molar-refractivity contribution in [2.24, 2.45) is 0 Å². The Morgan fingerprint density at radius 2 is 1.89 bits per heavy atom. The Morgan fingerprint density at radius 3 is 2.58 bits per heavy atom. The van der Waals surface area contributed by atoms with E-state index >= 15 is 0 Å². The van der Waals surface area contributed by atoms with E-state index in [0.29, 0.717) is 0 Å². The first-order chi connectivity index (χ1) is 9.10. The molecule has 0 unspecified atom stereocenters. The summed E-state index contributed by atoms with van der Waals surface area (Å²) in [6, 6.07) is 7.98. The van der Waals surface area contributed by atoms with Crippen LogP contribution in [-0.2, 0) is 0 Å². The highest BCUT2D eigenvalue weighted by molar-refractivity contribution is 9.13. The van der Waals surface area contributed by atoms with Crippen molar-refractivity contribution in [2.75, 3.05) is 11.9 Å². The molecule has 5 heteroatoms. The van der Waals surface area contributed by atoms with Gasteiger partial charge in [-0.3, -0.25) is 0 Å². The topological polar surface area (TPSA) is 37.8 Å². The van der Waals surface area contributed by atoms with Gasteiger partial charge in [-0.05, 0) is 63.4 Å². The summed E-state index contributed by atoms with van der Waals surface area (Å²) in [5, 5.41) is 3.30. The van der Waals surface area contributed by atoms with E-state index in [9.17, 15) is 0 Å². The molecule has 1 N–H and O–H groups in total. The molecule has 0 saturated carbocycles. The summed E-state index contributed by atoms with van der Waals surface area (Å²) in [5.41, 5.74) is 1.96. The van der Waals surface area contributed by atoms with Crippen molar-refractivity contribution in [3.63, 3.8) is 0 Å². The molecule has 0 aliphatic carbocycles. The molecule has 1 aromatic heterocycles. The third-order valence-electron chi connectivity index (χ3n) is 2.59. The smallest absolute Gasteiger partial charge is 0.161 e. The molecule has 0 amide bonds. The van der Waals surface area contributed by atoms with E-state index in [1.807, 2.05) is 31.2 Å². The molecule has 1 aromatic carbocycles. The molecule has 0 radical (unpaired) electrons. The minimum atomic E-state index is 0.742. The fourth-order valence-electron chi connectivity index (χ4n) is 1.68. The second kappa shape index (κ2) is 6.48. The Morgan fingerprint density at radius 1 is 1.11 bits per heavy atom. The number of halogens is 2. The molecule has 0 saturated heterocycles. The number of aryl methyl sites for hydroxylation is 1. The van der Waals surface area contributed by atoms with E-state index in [0.717, 1.165) is 44.8 Å². The van der Waals surface area contributed by atoms with Crippen LogP contribution in [0.15, 0.2) is 33.2 Å². The van der Waals surface area contributed by atoms with E-state index in [2.05, 4.69) is 54.1 Å². The van der Waals surface area contributed by atoms with Crippen LogP contribution in [0.3, 0.4) is 0 Å². The van der Waals surface area contributed by atoms with Gasteiger partial charge in [0.05, 0.1) is 0 Å². The number of benzene rings is 1. The Bertz CT molecular complexity index is 585. The third-order valence-corrected chi connectivity index (χ3v) is 4.47. The van der Waals surface area contributed by atoms with Crippen LogP contribution in [0.1, 0.15) is 19.0 Å². The maximum atomic E-state index is 4.55. The van der Waals surface area contributed by atoms with Gasteiger partial charge in [-0.25, -0.2) is 9.97 Å². The minimum Gasteiger partial charge on any atom is -0.370 e. The molecule has 2 rings (SSSR count). The van der Waals surface area contributed by atoms with Crippen LogP contribution in [0.25, 0.3) is 11.4 Å². The lowest BCUT2D eigenvalue weighted by atomic mass is 10.2. The second-order valence-electron chi connectivity index (χ2n) is 4.27. The van der Waals surface area contributed by atoms with Crippen molar-refractivity contribution in [2.45, 2.75) is 20.3 Å². The fraction of sp³-hybridized carbons (Fsp3) is 0.286. The van der Waals surface area contributed by atoms with E-state index in [-0.39, 0.29) is 0 Å². The quantitative estimate of drug-likeness (QED) is 0.822. The van der Waals surface area contributed by atoms with Gasteiger partial charge >= 0.3 is 0 Å². The molecule has 3 nitrogen and oxygen atoms in total. The number of hydrogen-bond donors (Lipinski definition) is 1. The molecular weight excluding hydrogens is 370 g/mol. The standard InChI is InChI=1S/C14H15Br2N3/c1-3-6-17-13-7-9(2)18-14(19-13)10-4-5-11(15)12(16)8-10/h4-5,7-8H,3,6H2,1-2H3,(H,17,18,19). The Kier molecular flexibility index (Phi) is 4.93. The van der Waals surface area contributed by atoms with Crippen LogP contribution in [0.5, 0.6) is 0 Å². The zero-order valence-corrected chi connectivity index (χ0v) is 14.0. The van der Waals surface area contributed by atoms with Gasteiger partial charge in [-0.15, -0.1) is 0 Å². The normalized spacial score (nSPS) is 10.5. The SMILES string of the molecule is CCCNc1cc(C)nc(-c2ccc(Br)c(Br)c2)n1. The number of nitrogens with zero attached hydrogens (tertiary/aromatic N) is 2. The Labute approximate surface area is 130 Å². The lowest BCUT2D eigenvalue weighted by Gasteiger charge is -2.08. The number of aromatic nitrogens is 2. The van der Waals surface area contributed by atoms with Crippen molar-refractivity contribution in [1.82, 2.24) is 9.97 Å².